The summed E-state index contributed by atoms with van der Waals surface area (Å²) in [7, 11) is 3.05. The Bertz CT molecular complexity index is 516. The molecule has 0 aliphatic heterocycles. The second-order valence-electron chi connectivity index (χ2n) is 4.09. The van der Waals surface area contributed by atoms with Crippen molar-refractivity contribution in [3.8, 4) is 11.5 Å². The smallest absolute Gasteiger partial charge is 0.337 e. The second-order valence-corrected chi connectivity index (χ2v) is 4.09. The molecule has 0 unspecified atom stereocenters. The first kappa shape index (κ1) is 15.6. The molecule has 0 radical (unpaired) electrons. The fourth-order valence-electron chi connectivity index (χ4n) is 1.46. The standard InChI is InChI=1S/C13H18N2O5/c1-4-15(2)12(16)7-20-11-5-8(13(17)18)9(14)6-10(11)19-3/h5-6H,4,7,14H2,1-3H3,(H,17,18). The van der Waals surface area contributed by atoms with E-state index >= 15 is 0 Å². The van der Waals surface area contributed by atoms with Crippen LogP contribution in [0.4, 0.5) is 5.69 Å². The van der Waals surface area contributed by atoms with Crippen molar-refractivity contribution in [1.29, 1.82) is 0 Å². The highest BCUT2D eigenvalue weighted by atomic mass is 16.5. The van der Waals surface area contributed by atoms with E-state index in [0.29, 0.717) is 6.54 Å². The Morgan fingerprint density at radius 2 is 2.00 bits per heavy atom. The molecule has 1 rings (SSSR count). The largest absolute Gasteiger partial charge is 0.493 e. The monoisotopic (exact) mass is 282 g/mol. The normalized spacial score (nSPS) is 9.95. The topological polar surface area (TPSA) is 102 Å². The maximum atomic E-state index is 11.7. The van der Waals surface area contributed by atoms with Gasteiger partial charge in [-0.3, -0.25) is 4.79 Å². The van der Waals surface area contributed by atoms with Crippen molar-refractivity contribution in [2.75, 3.05) is 33.0 Å². The Labute approximate surface area is 116 Å². The van der Waals surface area contributed by atoms with Crippen LogP contribution in [-0.2, 0) is 4.79 Å². The zero-order chi connectivity index (χ0) is 15.3. The molecule has 7 heteroatoms. The van der Waals surface area contributed by atoms with Gasteiger partial charge < -0.3 is 25.2 Å². The molecule has 0 aliphatic rings. The van der Waals surface area contributed by atoms with Gasteiger partial charge >= 0.3 is 5.97 Å². The van der Waals surface area contributed by atoms with Crippen LogP contribution in [0.5, 0.6) is 11.5 Å². The number of benzene rings is 1. The van der Waals surface area contributed by atoms with Gasteiger partial charge in [-0.05, 0) is 6.92 Å². The van der Waals surface area contributed by atoms with Crippen molar-refractivity contribution >= 4 is 17.6 Å². The van der Waals surface area contributed by atoms with Crippen LogP contribution in [0.2, 0.25) is 0 Å². The van der Waals surface area contributed by atoms with Crippen molar-refractivity contribution < 1.29 is 24.2 Å². The number of carbonyl (C=O) groups is 2. The van der Waals surface area contributed by atoms with E-state index < -0.39 is 5.97 Å². The Morgan fingerprint density at radius 3 is 2.50 bits per heavy atom. The third-order valence-electron chi connectivity index (χ3n) is 2.82. The quantitative estimate of drug-likeness (QED) is 0.749. The molecule has 20 heavy (non-hydrogen) atoms. The average molecular weight is 282 g/mol. The number of amides is 1. The van der Waals surface area contributed by atoms with E-state index in [9.17, 15) is 9.59 Å². The summed E-state index contributed by atoms with van der Waals surface area (Å²) in [6, 6.07) is 2.60. The van der Waals surface area contributed by atoms with Crippen LogP contribution < -0.4 is 15.2 Å². The molecule has 0 spiro atoms. The number of anilines is 1. The van der Waals surface area contributed by atoms with Gasteiger partial charge in [-0.25, -0.2) is 4.79 Å². The molecule has 0 atom stereocenters. The lowest BCUT2D eigenvalue weighted by Crippen LogP contribution is -2.31. The highest BCUT2D eigenvalue weighted by Crippen LogP contribution is 2.32. The maximum absolute atomic E-state index is 11.7. The van der Waals surface area contributed by atoms with Crippen LogP contribution in [0.25, 0.3) is 0 Å². The SMILES string of the molecule is CCN(C)C(=O)COc1cc(C(=O)O)c(N)cc1OC. The summed E-state index contributed by atoms with van der Waals surface area (Å²) in [4.78, 5) is 24.2. The number of hydrogen-bond acceptors (Lipinski definition) is 5. The summed E-state index contributed by atoms with van der Waals surface area (Å²) >= 11 is 0. The number of hydrogen-bond donors (Lipinski definition) is 2. The lowest BCUT2D eigenvalue weighted by atomic mass is 10.1. The molecule has 0 heterocycles. The first-order valence-electron chi connectivity index (χ1n) is 5.98. The predicted molar refractivity (Wildman–Crippen MR) is 73.2 cm³/mol. The Balaban J connectivity index is 2.96. The minimum absolute atomic E-state index is 0.0682. The van der Waals surface area contributed by atoms with Crippen LogP contribution in [0.15, 0.2) is 12.1 Å². The van der Waals surface area contributed by atoms with E-state index in [1.54, 1.807) is 7.05 Å². The highest BCUT2D eigenvalue weighted by Gasteiger charge is 2.16. The van der Waals surface area contributed by atoms with Crippen LogP contribution >= 0.6 is 0 Å². The summed E-state index contributed by atoms with van der Waals surface area (Å²) in [5.41, 5.74) is 5.57. The second kappa shape index (κ2) is 6.65. The van der Waals surface area contributed by atoms with Crippen LogP contribution in [-0.4, -0.2) is 49.2 Å². The minimum atomic E-state index is -1.17. The molecule has 0 bridgehead atoms. The molecule has 1 aromatic rings. The molecule has 1 aromatic carbocycles. The van der Waals surface area contributed by atoms with Gasteiger partial charge in [0, 0.05) is 25.7 Å². The van der Waals surface area contributed by atoms with Crippen LogP contribution in [0.1, 0.15) is 17.3 Å². The molecule has 110 valence electrons. The van der Waals surface area contributed by atoms with Gasteiger partial charge in [0.2, 0.25) is 0 Å². The fourth-order valence-corrected chi connectivity index (χ4v) is 1.46. The van der Waals surface area contributed by atoms with E-state index in [1.807, 2.05) is 6.92 Å². The molecule has 0 aromatic heterocycles. The van der Waals surface area contributed by atoms with Crippen molar-refractivity contribution in [2.24, 2.45) is 0 Å². The number of aromatic carboxylic acids is 1. The number of carbonyl (C=O) groups excluding carboxylic acids is 1. The van der Waals surface area contributed by atoms with Gasteiger partial charge in [-0.2, -0.15) is 0 Å². The average Bonchev–Trinajstić information content (AvgIpc) is 2.43. The number of nitrogens with zero attached hydrogens (tertiary/aromatic N) is 1. The summed E-state index contributed by atoms with van der Waals surface area (Å²) in [6.07, 6.45) is 0. The lowest BCUT2D eigenvalue weighted by molar-refractivity contribution is -0.131. The van der Waals surface area contributed by atoms with E-state index in [0.717, 1.165) is 0 Å². The van der Waals surface area contributed by atoms with E-state index in [2.05, 4.69) is 0 Å². The number of methoxy groups -OCH3 is 1. The number of likely N-dealkylation sites (N-methyl/N-ethyl adjacent to an activating group) is 1. The molecule has 0 saturated carbocycles. The van der Waals surface area contributed by atoms with Crippen LogP contribution in [0, 0.1) is 0 Å². The number of nitrogens with two attached hydrogens (primary N) is 1. The third-order valence-corrected chi connectivity index (χ3v) is 2.82. The van der Waals surface area contributed by atoms with Crippen molar-refractivity contribution in [3.63, 3.8) is 0 Å². The number of carboxylic acid groups (broad SMARTS) is 1. The van der Waals surface area contributed by atoms with E-state index in [4.69, 9.17) is 20.3 Å². The maximum Gasteiger partial charge on any atom is 0.337 e. The molecule has 0 saturated heterocycles. The van der Waals surface area contributed by atoms with E-state index in [1.165, 1.54) is 24.1 Å². The summed E-state index contributed by atoms with van der Waals surface area (Å²) in [5.74, 6) is -0.952. The van der Waals surface area contributed by atoms with Gasteiger partial charge in [0.1, 0.15) is 0 Å². The number of carboxylic acids is 1. The van der Waals surface area contributed by atoms with Gasteiger partial charge in [0.25, 0.3) is 5.91 Å². The molecule has 3 N–H and O–H groups in total. The van der Waals surface area contributed by atoms with Crippen LogP contribution in [0.3, 0.4) is 0 Å². The minimum Gasteiger partial charge on any atom is -0.493 e. The first-order chi connectivity index (χ1) is 9.40. The number of ether oxygens (including phenoxy) is 2. The Morgan fingerprint density at radius 1 is 1.35 bits per heavy atom. The lowest BCUT2D eigenvalue weighted by Gasteiger charge is -2.16. The highest BCUT2D eigenvalue weighted by molar-refractivity contribution is 5.94. The predicted octanol–water partition coefficient (Wildman–Crippen LogP) is 0.833. The van der Waals surface area contributed by atoms with Gasteiger partial charge in [-0.1, -0.05) is 0 Å². The molecule has 7 nitrogen and oxygen atoms in total. The molecular formula is C13H18N2O5. The van der Waals surface area contributed by atoms with Crippen molar-refractivity contribution in [3.05, 3.63) is 17.7 Å². The third kappa shape index (κ3) is 3.53. The Hall–Kier alpha value is -2.44. The molecule has 0 aliphatic carbocycles. The summed E-state index contributed by atoms with van der Waals surface area (Å²) in [6.45, 7) is 2.19. The summed E-state index contributed by atoms with van der Waals surface area (Å²) < 4.78 is 10.4. The van der Waals surface area contributed by atoms with Gasteiger partial charge in [0.15, 0.2) is 18.1 Å². The zero-order valence-electron chi connectivity index (χ0n) is 11.7. The van der Waals surface area contributed by atoms with Gasteiger partial charge in [0.05, 0.1) is 18.4 Å². The van der Waals surface area contributed by atoms with E-state index in [-0.39, 0.29) is 35.3 Å². The number of rotatable bonds is 6. The van der Waals surface area contributed by atoms with Crippen molar-refractivity contribution in [2.45, 2.75) is 6.92 Å². The zero-order valence-corrected chi connectivity index (χ0v) is 11.7. The van der Waals surface area contributed by atoms with Gasteiger partial charge in [-0.15, -0.1) is 0 Å². The Kier molecular flexibility index (Phi) is 5.19. The summed E-state index contributed by atoms with van der Waals surface area (Å²) in [5, 5.41) is 9.01. The molecule has 0 fully saturated rings. The number of nitrogen functional groups attached to an aromatic ring is 1. The van der Waals surface area contributed by atoms with Crippen molar-refractivity contribution in [1.82, 2.24) is 4.90 Å². The first-order valence-corrected chi connectivity index (χ1v) is 5.98. The molecule has 1 amide bonds. The fraction of sp³-hybridized carbons (Fsp3) is 0.385. The molecular weight excluding hydrogens is 264 g/mol.